The summed E-state index contributed by atoms with van der Waals surface area (Å²) in [7, 11) is 0. The predicted molar refractivity (Wildman–Crippen MR) is 66.1 cm³/mol. The number of hydrogen-bond acceptors (Lipinski definition) is 1. The standard InChI is InChI=1S/C13H12BrN/c14-13(12-4-2-1-3-5-12)10-11-6-8-15-9-7-11/h1-9,13H,10H2. The normalized spacial score (nSPS) is 12.3. The van der Waals surface area contributed by atoms with Crippen molar-refractivity contribution in [3.63, 3.8) is 0 Å². The van der Waals surface area contributed by atoms with Gasteiger partial charge in [-0.1, -0.05) is 46.3 Å². The summed E-state index contributed by atoms with van der Waals surface area (Å²) in [4.78, 5) is 4.39. The molecule has 0 bridgehead atoms. The summed E-state index contributed by atoms with van der Waals surface area (Å²) in [6.45, 7) is 0. The molecule has 1 aromatic heterocycles. The Kier molecular flexibility index (Phi) is 3.51. The Hall–Kier alpha value is -1.15. The first-order valence-corrected chi connectivity index (χ1v) is 5.86. The van der Waals surface area contributed by atoms with Crippen molar-refractivity contribution in [1.29, 1.82) is 0 Å². The summed E-state index contributed by atoms with van der Waals surface area (Å²) in [6.07, 6.45) is 4.66. The molecule has 0 aliphatic heterocycles. The van der Waals surface area contributed by atoms with E-state index in [9.17, 15) is 0 Å². The lowest BCUT2D eigenvalue weighted by molar-refractivity contribution is 0.944. The van der Waals surface area contributed by atoms with Gasteiger partial charge in [-0.05, 0) is 29.7 Å². The van der Waals surface area contributed by atoms with Gasteiger partial charge in [-0.15, -0.1) is 0 Å². The summed E-state index contributed by atoms with van der Waals surface area (Å²) < 4.78 is 0. The van der Waals surface area contributed by atoms with E-state index in [1.807, 2.05) is 18.5 Å². The number of alkyl halides is 1. The van der Waals surface area contributed by atoms with Crippen molar-refractivity contribution < 1.29 is 0 Å². The van der Waals surface area contributed by atoms with Crippen LogP contribution in [0.15, 0.2) is 54.9 Å². The zero-order valence-electron chi connectivity index (χ0n) is 8.31. The van der Waals surface area contributed by atoms with E-state index in [0.29, 0.717) is 4.83 Å². The van der Waals surface area contributed by atoms with Crippen molar-refractivity contribution in [3.8, 4) is 0 Å². The smallest absolute Gasteiger partial charge is 0.0435 e. The van der Waals surface area contributed by atoms with Crippen LogP contribution in [-0.4, -0.2) is 4.98 Å². The van der Waals surface area contributed by atoms with Crippen LogP contribution in [-0.2, 0) is 6.42 Å². The van der Waals surface area contributed by atoms with E-state index < -0.39 is 0 Å². The third-order valence-corrected chi connectivity index (χ3v) is 3.18. The van der Waals surface area contributed by atoms with E-state index in [2.05, 4.69) is 57.3 Å². The van der Waals surface area contributed by atoms with Gasteiger partial charge in [0.05, 0.1) is 0 Å². The van der Waals surface area contributed by atoms with Crippen LogP contribution < -0.4 is 0 Å². The molecule has 15 heavy (non-hydrogen) atoms. The zero-order valence-corrected chi connectivity index (χ0v) is 9.89. The van der Waals surface area contributed by atoms with Crippen LogP contribution in [0.25, 0.3) is 0 Å². The van der Waals surface area contributed by atoms with Crippen LogP contribution >= 0.6 is 15.9 Å². The third kappa shape index (κ3) is 2.90. The van der Waals surface area contributed by atoms with Gasteiger partial charge in [0.25, 0.3) is 0 Å². The minimum Gasteiger partial charge on any atom is -0.265 e. The third-order valence-electron chi connectivity index (χ3n) is 2.33. The van der Waals surface area contributed by atoms with Gasteiger partial charge in [0, 0.05) is 17.2 Å². The largest absolute Gasteiger partial charge is 0.265 e. The molecular weight excluding hydrogens is 250 g/mol. The second kappa shape index (κ2) is 5.08. The van der Waals surface area contributed by atoms with Crippen molar-refractivity contribution in [2.45, 2.75) is 11.2 Å². The summed E-state index contributed by atoms with van der Waals surface area (Å²) in [5, 5.41) is 0. The highest BCUT2D eigenvalue weighted by molar-refractivity contribution is 9.09. The second-order valence-electron chi connectivity index (χ2n) is 3.44. The van der Waals surface area contributed by atoms with E-state index >= 15 is 0 Å². The van der Waals surface area contributed by atoms with Gasteiger partial charge in [-0.2, -0.15) is 0 Å². The van der Waals surface area contributed by atoms with E-state index in [1.165, 1.54) is 11.1 Å². The Morgan fingerprint density at radius 2 is 1.67 bits per heavy atom. The summed E-state index contributed by atoms with van der Waals surface area (Å²) in [6, 6.07) is 14.6. The molecule has 76 valence electrons. The SMILES string of the molecule is BrC(Cc1ccncc1)c1ccccc1. The Bertz CT molecular complexity index is 399. The Balaban J connectivity index is 2.08. The van der Waals surface area contributed by atoms with Crippen molar-refractivity contribution in [2.24, 2.45) is 0 Å². The highest BCUT2D eigenvalue weighted by Gasteiger charge is 2.07. The lowest BCUT2D eigenvalue weighted by Gasteiger charge is -2.09. The number of rotatable bonds is 3. The second-order valence-corrected chi connectivity index (χ2v) is 4.54. The van der Waals surface area contributed by atoms with Gasteiger partial charge < -0.3 is 0 Å². The van der Waals surface area contributed by atoms with Crippen LogP contribution in [0.2, 0.25) is 0 Å². The number of hydrogen-bond donors (Lipinski definition) is 0. The van der Waals surface area contributed by atoms with E-state index in [0.717, 1.165) is 6.42 Å². The fourth-order valence-corrected chi connectivity index (χ4v) is 2.18. The molecule has 0 fully saturated rings. The molecule has 0 spiro atoms. The average molecular weight is 262 g/mol. The number of halogens is 1. The van der Waals surface area contributed by atoms with Gasteiger partial charge in [0.2, 0.25) is 0 Å². The van der Waals surface area contributed by atoms with Crippen molar-refractivity contribution in [2.75, 3.05) is 0 Å². The molecule has 0 amide bonds. The highest BCUT2D eigenvalue weighted by Crippen LogP contribution is 2.26. The molecular formula is C13H12BrN. The van der Waals surface area contributed by atoms with Gasteiger partial charge in [0.1, 0.15) is 0 Å². The topological polar surface area (TPSA) is 12.9 Å². The number of aromatic nitrogens is 1. The maximum atomic E-state index is 4.01. The van der Waals surface area contributed by atoms with E-state index in [4.69, 9.17) is 0 Å². The van der Waals surface area contributed by atoms with Crippen LogP contribution in [0.1, 0.15) is 16.0 Å². The Morgan fingerprint density at radius 1 is 1.00 bits per heavy atom. The lowest BCUT2D eigenvalue weighted by atomic mass is 10.1. The number of benzene rings is 1. The molecule has 0 saturated heterocycles. The molecule has 1 heterocycles. The number of nitrogens with zero attached hydrogens (tertiary/aromatic N) is 1. The van der Waals surface area contributed by atoms with Crippen molar-refractivity contribution in [1.82, 2.24) is 4.98 Å². The molecule has 1 nitrogen and oxygen atoms in total. The van der Waals surface area contributed by atoms with Crippen molar-refractivity contribution >= 4 is 15.9 Å². The maximum Gasteiger partial charge on any atom is 0.0435 e. The fourth-order valence-electron chi connectivity index (χ4n) is 1.51. The highest BCUT2D eigenvalue weighted by atomic mass is 79.9. The lowest BCUT2D eigenvalue weighted by Crippen LogP contribution is -1.94. The summed E-state index contributed by atoms with van der Waals surface area (Å²) in [5.74, 6) is 0. The molecule has 1 atom stereocenters. The molecule has 0 aliphatic rings. The van der Waals surface area contributed by atoms with Gasteiger partial charge in [-0.25, -0.2) is 0 Å². The quantitative estimate of drug-likeness (QED) is 0.767. The fraction of sp³-hybridized carbons (Fsp3) is 0.154. The van der Waals surface area contributed by atoms with E-state index in [-0.39, 0.29) is 0 Å². The predicted octanol–water partition coefficient (Wildman–Crippen LogP) is 3.76. The van der Waals surface area contributed by atoms with E-state index in [1.54, 1.807) is 0 Å². The molecule has 1 aromatic carbocycles. The van der Waals surface area contributed by atoms with Gasteiger partial charge >= 0.3 is 0 Å². The first-order valence-electron chi connectivity index (χ1n) is 4.94. The zero-order chi connectivity index (χ0) is 10.5. The Morgan fingerprint density at radius 3 is 2.33 bits per heavy atom. The van der Waals surface area contributed by atoms with Gasteiger partial charge in [-0.3, -0.25) is 4.98 Å². The minimum absolute atomic E-state index is 0.376. The average Bonchev–Trinajstić information content (AvgIpc) is 2.31. The first kappa shape index (κ1) is 10.4. The number of pyridine rings is 1. The summed E-state index contributed by atoms with van der Waals surface area (Å²) >= 11 is 3.70. The molecule has 2 heteroatoms. The molecule has 0 N–H and O–H groups in total. The monoisotopic (exact) mass is 261 g/mol. The maximum absolute atomic E-state index is 4.01. The summed E-state index contributed by atoms with van der Waals surface area (Å²) in [5.41, 5.74) is 2.62. The van der Waals surface area contributed by atoms with Crippen LogP contribution in [0.3, 0.4) is 0 Å². The van der Waals surface area contributed by atoms with Gasteiger partial charge in [0.15, 0.2) is 0 Å². The van der Waals surface area contributed by atoms with Crippen LogP contribution in [0.4, 0.5) is 0 Å². The molecule has 0 radical (unpaired) electrons. The molecule has 2 aromatic rings. The molecule has 2 rings (SSSR count). The molecule has 1 unspecified atom stereocenters. The minimum atomic E-state index is 0.376. The van der Waals surface area contributed by atoms with Crippen LogP contribution in [0, 0.1) is 0 Å². The van der Waals surface area contributed by atoms with Crippen molar-refractivity contribution in [3.05, 3.63) is 66.0 Å². The molecule has 0 saturated carbocycles. The first-order chi connectivity index (χ1) is 7.36. The Labute approximate surface area is 98.3 Å². The molecule has 0 aliphatic carbocycles. The van der Waals surface area contributed by atoms with Crippen LogP contribution in [0.5, 0.6) is 0 Å².